The van der Waals surface area contributed by atoms with Crippen molar-refractivity contribution in [3.63, 3.8) is 0 Å². The second-order valence-corrected chi connectivity index (χ2v) is 8.83. The van der Waals surface area contributed by atoms with Gasteiger partial charge < -0.3 is 19.1 Å². The molecule has 3 aromatic rings. The van der Waals surface area contributed by atoms with Gasteiger partial charge in [-0.15, -0.1) is 11.3 Å². The third-order valence-electron chi connectivity index (χ3n) is 5.77. The van der Waals surface area contributed by atoms with Crippen molar-refractivity contribution in [2.24, 2.45) is 0 Å². The molecule has 0 spiro atoms. The van der Waals surface area contributed by atoms with Crippen molar-refractivity contribution in [3.8, 4) is 28.5 Å². The molecule has 1 amide bonds. The van der Waals surface area contributed by atoms with E-state index >= 15 is 0 Å². The molecule has 1 aromatic heterocycles. The van der Waals surface area contributed by atoms with Crippen molar-refractivity contribution in [3.05, 3.63) is 64.5 Å². The van der Waals surface area contributed by atoms with E-state index in [0.717, 1.165) is 41.5 Å². The van der Waals surface area contributed by atoms with Gasteiger partial charge in [-0.25, -0.2) is 4.98 Å². The van der Waals surface area contributed by atoms with Crippen molar-refractivity contribution in [1.29, 1.82) is 0 Å². The number of amides is 1. The van der Waals surface area contributed by atoms with E-state index in [2.05, 4.69) is 22.4 Å². The lowest BCUT2D eigenvalue weighted by molar-refractivity contribution is -0.127. The minimum absolute atomic E-state index is 0.00554. The van der Waals surface area contributed by atoms with Crippen LogP contribution in [-0.2, 0) is 11.3 Å². The second kappa shape index (κ2) is 11.2. The standard InChI is InChI=1S/C26H29N3O4S/c1-31-22-15-19(16-23(32-2)26(22)33-3)9-10-25(30)29-13-11-28(12-14-29)17-24-27-21(18-34-24)20-7-5-4-6-8-20/h4-10,15-16,18H,11-14,17H2,1-3H3/b10-9+. The minimum atomic E-state index is -0.00554. The van der Waals surface area contributed by atoms with Crippen LogP contribution in [0.1, 0.15) is 10.6 Å². The Balaban J connectivity index is 1.32. The molecule has 2 aromatic carbocycles. The number of piperazine rings is 1. The molecule has 2 heterocycles. The summed E-state index contributed by atoms with van der Waals surface area (Å²) in [6.45, 7) is 3.83. The zero-order valence-corrected chi connectivity index (χ0v) is 20.5. The van der Waals surface area contributed by atoms with Crippen LogP contribution in [0.25, 0.3) is 17.3 Å². The normalized spacial score (nSPS) is 14.4. The van der Waals surface area contributed by atoms with Gasteiger partial charge in [-0.3, -0.25) is 9.69 Å². The first-order chi connectivity index (χ1) is 16.6. The van der Waals surface area contributed by atoms with Crippen molar-refractivity contribution in [1.82, 2.24) is 14.8 Å². The van der Waals surface area contributed by atoms with Crippen LogP contribution in [0.5, 0.6) is 17.2 Å². The molecule has 1 aliphatic rings. The Morgan fingerprint density at radius 2 is 1.68 bits per heavy atom. The summed E-state index contributed by atoms with van der Waals surface area (Å²) in [6, 6.07) is 13.9. The first-order valence-electron chi connectivity index (χ1n) is 11.1. The topological polar surface area (TPSA) is 64.1 Å². The fraction of sp³-hybridized carbons (Fsp3) is 0.308. The largest absolute Gasteiger partial charge is 0.493 e. The van der Waals surface area contributed by atoms with Crippen LogP contribution in [-0.4, -0.2) is 68.2 Å². The number of carbonyl (C=O) groups is 1. The Labute approximate surface area is 204 Å². The predicted molar refractivity (Wildman–Crippen MR) is 135 cm³/mol. The average Bonchev–Trinajstić information content (AvgIpc) is 3.36. The molecule has 4 rings (SSSR count). The number of nitrogens with zero attached hydrogens (tertiary/aromatic N) is 3. The molecule has 0 N–H and O–H groups in total. The molecule has 1 saturated heterocycles. The number of thiazole rings is 1. The summed E-state index contributed by atoms with van der Waals surface area (Å²) in [5.41, 5.74) is 2.96. The fourth-order valence-electron chi connectivity index (χ4n) is 3.91. The van der Waals surface area contributed by atoms with Crippen LogP contribution >= 0.6 is 11.3 Å². The molecule has 0 aliphatic carbocycles. The Hall–Kier alpha value is -3.36. The summed E-state index contributed by atoms with van der Waals surface area (Å²) >= 11 is 1.69. The number of benzene rings is 2. The van der Waals surface area contributed by atoms with Crippen molar-refractivity contribution >= 4 is 23.3 Å². The summed E-state index contributed by atoms with van der Waals surface area (Å²) in [4.78, 5) is 21.8. The monoisotopic (exact) mass is 479 g/mol. The maximum atomic E-state index is 12.8. The molecule has 0 unspecified atom stereocenters. The van der Waals surface area contributed by atoms with Crippen molar-refractivity contribution < 1.29 is 19.0 Å². The van der Waals surface area contributed by atoms with E-state index in [0.29, 0.717) is 30.3 Å². The Bertz CT molecular complexity index is 1110. The number of rotatable bonds is 8. The highest BCUT2D eigenvalue weighted by molar-refractivity contribution is 7.09. The number of carbonyl (C=O) groups excluding carboxylic acids is 1. The summed E-state index contributed by atoms with van der Waals surface area (Å²) < 4.78 is 16.1. The summed E-state index contributed by atoms with van der Waals surface area (Å²) in [7, 11) is 4.71. The third-order valence-corrected chi connectivity index (χ3v) is 6.60. The Morgan fingerprint density at radius 1 is 1.00 bits per heavy atom. The second-order valence-electron chi connectivity index (χ2n) is 7.89. The van der Waals surface area contributed by atoms with Gasteiger partial charge >= 0.3 is 0 Å². The molecule has 34 heavy (non-hydrogen) atoms. The van der Waals surface area contributed by atoms with E-state index < -0.39 is 0 Å². The lowest BCUT2D eigenvalue weighted by Gasteiger charge is -2.33. The SMILES string of the molecule is COc1cc(/C=C/C(=O)N2CCN(Cc3nc(-c4ccccc4)cs3)CC2)cc(OC)c1OC. The van der Waals surface area contributed by atoms with Crippen molar-refractivity contribution in [2.75, 3.05) is 47.5 Å². The molecule has 0 bridgehead atoms. The van der Waals surface area contributed by atoms with Crippen LogP contribution in [0.2, 0.25) is 0 Å². The minimum Gasteiger partial charge on any atom is -0.493 e. The first-order valence-corrected chi connectivity index (χ1v) is 12.0. The Kier molecular flexibility index (Phi) is 7.82. The van der Waals surface area contributed by atoms with Crippen molar-refractivity contribution in [2.45, 2.75) is 6.54 Å². The number of hydrogen-bond acceptors (Lipinski definition) is 7. The molecular weight excluding hydrogens is 450 g/mol. The fourth-order valence-corrected chi connectivity index (χ4v) is 4.76. The van der Waals surface area contributed by atoms with E-state index in [1.807, 2.05) is 35.2 Å². The molecule has 1 fully saturated rings. The van der Waals surface area contributed by atoms with E-state index in [-0.39, 0.29) is 5.91 Å². The van der Waals surface area contributed by atoms with Gasteiger partial charge in [-0.1, -0.05) is 30.3 Å². The van der Waals surface area contributed by atoms with Gasteiger partial charge in [0.1, 0.15) is 5.01 Å². The van der Waals surface area contributed by atoms with Gasteiger partial charge in [0, 0.05) is 43.2 Å². The van der Waals surface area contributed by atoms with Crippen LogP contribution in [0.4, 0.5) is 0 Å². The van der Waals surface area contributed by atoms with Gasteiger partial charge in [0.15, 0.2) is 11.5 Å². The van der Waals surface area contributed by atoms with E-state index in [1.165, 1.54) is 0 Å². The van der Waals surface area contributed by atoms with Crippen LogP contribution in [0, 0.1) is 0 Å². The average molecular weight is 480 g/mol. The third kappa shape index (κ3) is 5.58. The highest BCUT2D eigenvalue weighted by Crippen LogP contribution is 2.38. The molecule has 8 heteroatoms. The van der Waals surface area contributed by atoms with Gasteiger partial charge in [0.25, 0.3) is 0 Å². The molecular formula is C26H29N3O4S. The van der Waals surface area contributed by atoms with E-state index in [4.69, 9.17) is 19.2 Å². The molecule has 0 saturated carbocycles. The summed E-state index contributed by atoms with van der Waals surface area (Å²) in [5.74, 6) is 1.63. The number of hydrogen-bond donors (Lipinski definition) is 0. The number of aromatic nitrogens is 1. The van der Waals surface area contributed by atoms with Gasteiger partial charge in [-0.05, 0) is 23.8 Å². The maximum Gasteiger partial charge on any atom is 0.246 e. The predicted octanol–water partition coefficient (Wildman–Crippen LogP) is 4.19. The lowest BCUT2D eigenvalue weighted by atomic mass is 10.1. The van der Waals surface area contributed by atoms with Gasteiger partial charge in [0.05, 0.1) is 33.6 Å². The molecule has 178 valence electrons. The highest BCUT2D eigenvalue weighted by atomic mass is 32.1. The highest BCUT2D eigenvalue weighted by Gasteiger charge is 2.21. The molecule has 7 nitrogen and oxygen atoms in total. The van der Waals surface area contributed by atoms with Gasteiger partial charge in [0.2, 0.25) is 11.7 Å². The quantitative estimate of drug-likeness (QED) is 0.452. The molecule has 0 atom stereocenters. The molecule has 1 aliphatic heterocycles. The zero-order chi connectivity index (χ0) is 23.9. The van der Waals surface area contributed by atoms with E-state index in [9.17, 15) is 4.79 Å². The van der Waals surface area contributed by atoms with Crippen LogP contribution in [0.3, 0.4) is 0 Å². The number of methoxy groups -OCH3 is 3. The summed E-state index contributed by atoms with van der Waals surface area (Å²) in [6.07, 6.45) is 3.38. The Morgan fingerprint density at radius 3 is 2.29 bits per heavy atom. The maximum absolute atomic E-state index is 12.8. The first kappa shape index (κ1) is 23.8. The van der Waals surface area contributed by atoms with E-state index in [1.54, 1.807) is 44.8 Å². The molecule has 0 radical (unpaired) electrons. The zero-order valence-electron chi connectivity index (χ0n) is 19.7. The smallest absolute Gasteiger partial charge is 0.246 e. The summed E-state index contributed by atoms with van der Waals surface area (Å²) in [5, 5.41) is 3.21. The lowest BCUT2D eigenvalue weighted by Crippen LogP contribution is -2.47. The van der Waals surface area contributed by atoms with Gasteiger partial charge in [-0.2, -0.15) is 0 Å². The number of ether oxygens (including phenoxy) is 3. The van der Waals surface area contributed by atoms with Crippen LogP contribution < -0.4 is 14.2 Å². The van der Waals surface area contributed by atoms with Crippen LogP contribution in [0.15, 0.2) is 53.9 Å².